The van der Waals surface area contributed by atoms with Gasteiger partial charge in [0.15, 0.2) is 0 Å². The number of ether oxygens (including phenoxy) is 2. The maximum atomic E-state index is 12.3. The van der Waals surface area contributed by atoms with Crippen molar-refractivity contribution in [2.75, 3.05) is 43.6 Å². The van der Waals surface area contributed by atoms with Crippen LogP contribution in [0.2, 0.25) is 0 Å². The summed E-state index contributed by atoms with van der Waals surface area (Å²) in [6, 6.07) is 8.73. The number of methoxy groups -OCH3 is 1. The van der Waals surface area contributed by atoms with Crippen molar-refractivity contribution in [3.05, 3.63) is 42.2 Å². The third-order valence-corrected chi connectivity index (χ3v) is 3.52. The molecule has 1 saturated heterocycles. The van der Waals surface area contributed by atoms with Crippen LogP contribution in [0.25, 0.3) is 0 Å². The lowest BCUT2D eigenvalue weighted by Gasteiger charge is -2.26. The molecule has 2 heterocycles. The second-order valence-corrected chi connectivity index (χ2v) is 5.02. The number of carbonyl (C=O) groups is 1. The molecular weight excluding hydrogens is 296 g/mol. The Balaban J connectivity index is 1.71. The molecule has 0 radical (unpaired) electrons. The van der Waals surface area contributed by atoms with Crippen LogP contribution in [0, 0.1) is 0 Å². The summed E-state index contributed by atoms with van der Waals surface area (Å²) in [6.45, 7) is 2.74. The van der Waals surface area contributed by atoms with Crippen molar-refractivity contribution in [3.8, 4) is 5.75 Å². The van der Waals surface area contributed by atoms with Crippen molar-refractivity contribution in [1.82, 2.24) is 9.97 Å². The van der Waals surface area contributed by atoms with Gasteiger partial charge in [0.05, 0.1) is 20.3 Å². The molecule has 1 N–H and O–H groups in total. The molecule has 1 amide bonds. The van der Waals surface area contributed by atoms with Crippen LogP contribution in [0.1, 0.15) is 10.5 Å². The van der Waals surface area contributed by atoms with Crippen molar-refractivity contribution in [2.24, 2.45) is 0 Å². The van der Waals surface area contributed by atoms with E-state index in [0.717, 1.165) is 18.8 Å². The SMILES string of the molecule is COc1ccc(NC(=O)c2ccnc(N3CCOCC3)n2)cc1. The average molecular weight is 314 g/mol. The standard InChI is InChI=1S/C16H18N4O3/c1-22-13-4-2-12(3-5-13)18-15(21)14-6-7-17-16(19-14)20-8-10-23-11-9-20/h2-7H,8-11H2,1H3,(H,18,21). The van der Waals surface area contributed by atoms with Crippen LogP contribution in [0.3, 0.4) is 0 Å². The van der Waals surface area contributed by atoms with Gasteiger partial charge < -0.3 is 19.7 Å². The maximum absolute atomic E-state index is 12.3. The van der Waals surface area contributed by atoms with Gasteiger partial charge in [-0.25, -0.2) is 9.97 Å². The van der Waals surface area contributed by atoms with Gasteiger partial charge in [0.25, 0.3) is 5.91 Å². The van der Waals surface area contributed by atoms with E-state index in [4.69, 9.17) is 9.47 Å². The fourth-order valence-electron chi connectivity index (χ4n) is 2.26. The highest BCUT2D eigenvalue weighted by molar-refractivity contribution is 6.03. The summed E-state index contributed by atoms with van der Waals surface area (Å²) in [5, 5.41) is 2.81. The van der Waals surface area contributed by atoms with Crippen molar-refractivity contribution < 1.29 is 14.3 Å². The number of benzene rings is 1. The summed E-state index contributed by atoms with van der Waals surface area (Å²) in [5.41, 5.74) is 1.01. The molecule has 0 bridgehead atoms. The summed E-state index contributed by atoms with van der Waals surface area (Å²) >= 11 is 0. The predicted octanol–water partition coefficient (Wildman–Crippen LogP) is 1.57. The number of hydrogen-bond donors (Lipinski definition) is 1. The molecule has 0 saturated carbocycles. The Morgan fingerprint density at radius 2 is 1.96 bits per heavy atom. The van der Waals surface area contributed by atoms with Gasteiger partial charge in [-0.1, -0.05) is 0 Å². The molecule has 1 aromatic carbocycles. The highest BCUT2D eigenvalue weighted by atomic mass is 16.5. The van der Waals surface area contributed by atoms with Gasteiger partial charge in [-0.05, 0) is 30.3 Å². The average Bonchev–Trinajstić information content (AvgIpc) is 2.63. The molecule has 7 nitrogen and oxygen atoms in total. The molecule has 0 atom stereocenters. The number of nitrogens with zero attached hydrogens (tertiary/aromatic N) is 3. The minimum Gasteiger partial charge on any atom is -0.497 e. The molecule has 0 aliphatic carbocycles. The fraction of sp³-hybridized carbons (Fsp3) is 0.312. The maximum Gasteiger partial charge on any atom is 0.274 e. The molecule has 1 aliphatic rings. The Bertz CT molecular complexity index is 669. The third kappa shape index (κ3) is 3.75. The van der Waals surface area contributed by atoms with Crippen LogP contribution in [0.15, 0.2) is 36.5 Å². The van der Waals surface area contributed by atoms with Crippen LogP contribution in [0.5, 0.6) is 5.75 Å². The molecule has 0 unspecified atom stereocenters. The minimum atomic E-state index is -0.271. The van der Waals surface area contributed by atoms with Crippen molar-refractivity contribution in [1.29, 1.82) is 0 Å². The number of carbonyl (C=O) groups excluding carboxylic acids is 1. The summed E-state index contributed by atoms with van der Waals surface area (Å²) in [4.78, 5) is 22.9. The topological polar surface area (TPSA) is 76.6 Å². The number of nitrogens with one attached hydrogen (secondary N) is 1. The van der Waals surface area contributed by atoms with Crippen LogP contribution in [-0.4, -0.2) is 49.3 Å². The highest BCUT2D eigenvalue weighted by Crippen LogP contribution is 2.16. The zero-order valence-corrected chi connectivity index (χ0v) is 12.9. The first kappa shape index (κ1) is 15.2. The first-order valence-electron chi connectivity index (χ1n) is 7.37. The van der Waals surface area contributed by atoms with E-state index in [-0.39, 0.29) is 5.91 Å². The molecular formula is C16H18N4O3. The molecule has 0 spiro atoms. The normalized spacial score (nSPS) is 14.4. The molecule has 2 aromatic rings. The zero-order valence-electron chi connectivity index (χ0n) is 12.9. The van der Waals surface area contributed by atoms with Crippen LogP contribution in [0.4, 0.5) is 11.6 Å². The Hall–Kier alpha value is -2.67. The minimum absolute atomic E-state index is 0.271. The monoisotopic (exact) mass is 314 g/mol. The van der Waals surface area contributed by atoms with Gasteiger partial charge in [0, 0.05) is 25.0 Å². The zero-order chi connectivity index (χ0) is 16.1. The molecule has 23 heavy (non-hydrogen) atoms. The quantitative estimate of drug-likeness (QED) is 0.923. The lowest BCUT2D eigenvalue weighted by Crippen LogP contribution is -2.37. The number of rotatable bonds is 4. The van der Waals surface area contributed by atoms with Gasteiger partial charge in [0.1, 0.15) is 11.4 Å². The number of anilines is 2. The van der Waals surface area contributed by atoms with E-state index >= 15 is 0 Å². The number of aromatic nitrogens is 2. The van der Waals surface area contributed by atoms with E-state index in [1.165, 1.54) is 0 Å². The fourth-order valence-corrected chi connectivity index (χ4v) is 2.26. The van der Waals surface area contributed by atoms with Gasteiger partial charge in [-0.2, -0.15) is 0 Å². The lowest BCUT2D eigenvalue weighted by atomic mass is 10.3. The van der Waals surface area contributed by atoms with Gasteiger partial charge in [-0.15, -0.1) is 0 Å². The summed E-state index contributed by atoms with van der Waals surface area (Å²) in [5.74, 6) is 1.02. The van der Waals surface area contributed by atoms with Gasteiger partial charge >= 0.3 is 0 Å². The molecule has 3 rings (SSSR count). The summed E-state index contributed by atoms with van der Waals surface area (Å²) in [7, 11) is 1.60. The van der Waals surface area contributed by atoms with E-state index in [2.05, 4.69) is 15.3 Å². The Kier molecular flexibility index (Phi) is 4.68. The lowest BCUT2D eigenvalue weighted by molar-refractivity contribution is 0.102. The van der Waals surface area contributed by atoms with Crippen molar-refractivity contribution >= 4 is 17.5 Å². The molecule has 1 aliphatic heterocycles. The Labute approximate surface area is 134 Å². The van der Waals surface area contributed by atoms with Gasteiger partial charge in [-0.3, -0.25) is 4.79 Å². The van der Waals surface area contributed by atoms with E-state index in [9.17, 15) is 4.79 Å². The number of hydrogen-bond acceptors (Lipinski definition) is 6. The van der Waals surface area contributed by atoms with E-state index in [1.54, 1.807) is 43.6 Å². The van der Waals surface area contributed by atoms with Crippen LogP contribution in [-0.2, 0) is 4.74 Å². The first-order valence-corrected chi connectivity index (χ1v) is 7.37. The number of morpholine rings is 1. The highest BCUT2D eigenvalue weighted by Gasteiger charge is 2.16. The molecule has 1 aromatic heterocycles. The summed E-state index contributed by atoms with van der Waals surface area (Å²) in [6.07, 6.45) is 1.60. The second kappa shape index (κ2) is 7.06. The Morgan fingerprint density at radius 3 is 2.65 bits per heavy atom. The molecule has 120 valence electrons. The van der Waals surface area contributed by atoms with Crippen LogP contribution >= 0.6 is 0 Å². The van der Waals surface area contributed by atoms with Crippen LogP contribution < -0.4 is 15.0 Å². The van der Waals surface area contributed by atoms with Crippen molar-refractivity contribution in [3.63, 3.8) is 0 Å². The number of amides is 1. The van der Waals surface area contributed by atoms with Gasteiger partial charge in [0.2, 0.25) is 5.95 Å². The van der Waals surface area contributed by atoms with Crippen molar-refractivity contribution in [2.45, 2.75) is 0 Å². The largest absolute Gasteiger partial charge is 0.497 e. The molecule has 1 fully saturated rings. The summed E-state index contributed by atoms with van der Waals surface area (Å²) < 4.78 is 10.4. The third-order valence-electron chi connectivity index (χ3n) is 3.52. The predicted molar refractivity (Wildman–Crippen MR) is 86.0 cm³/mol. The first-order chi connectivity index (χ1) is 11.3. The van der Waals surface area contributed by atoms with E-state index in [0.29, 0.717) is 30.5 Å². The van der Waals surface area contributed by atoms with E-state index in [1.807, 2.05) is 4.90 Å². The van der Waals surface area contributed by atoms with E-state index < -0.39 is 0 Å². The second-order valence-electron chi connectivity index (χ2n) is 5.02. The smallest absolute Gasteiger partial charge is 0.274 e. The Morgan fingerprint density at radius 1 is 1.22 bits per heavy atom. The molecule has 7 heteroatoms.